The highest BCUT2D eigenvalue weighted by Gasteiger charge is 2.11. The van der Waals surface area contributed by atoms with E-state index in [1.165, 1.54) is 19.1 Å². The number of hydrogen-bond acceptors (Lipinski definition) is 5. The Hall–Kier alpha value is -2.67. The summed E-state index contributed by atoms with van der Waals surface area (Å²) in [5.41, 5.74) is 0.248. The summed E-state index contributed by atoms with van der Waals surface area (Å²) < 4.78 is 9.73. The van der Waals surface area contributed by atoms with E-state index in [1.54, 1.807) is 0 Å². The van der Waals surface area contributed by atoms with E-state index in [4.69, 9.17) is 14.9 Å². The lowest BCUT2D eigenvalue weighted by molar-refractivity contribution is -0.152. The minimum atomic E-state index is -1.24. The fourth-order valence-corrected chi connectivity index (χ4v) is 1.40. The Kier molecular flexibility index (Phi) is 5.62. The van der Waals surface area contributed by atoms with Gasteiger partial charge in [-0.2, -0.15) is 0 Å². The molecular formula is C14H14O7. The first kappa shape index (κ1) is 16.4. The molecule has 0 unspecified atom stereocenters. The van der Waals surface area contributed by atoms with Crippen molar-refractivity contribution in [2.45, 2.75) is 13.5 Å². The lowest BCUT2D eigenvalue weighted by atomic mass is 10.1. The standard InChI is InChI=1S/C14H14O7/c1-8(2)14(19)21-7-20-6-9-3-10(12(15)16)5-11(4-9)13(17)18/h3-5H,1,6-7H2,2H3,(H,15,16)(H,17,18). The molecule has 0 amide bonds. The van der Waals surface area contributed by atoms with Crippen LogP contribution in [0, 0.1) is 0 Å². The molecule has 0 saturated carbocycles. The van der Waals surface area contributed by atoms with Crippen LogP contribution in [-0.4, -0.2) is 34.9 Å². The Morgan fingerprint density at radius 3 is 2.05 bits per heavy atom. The van der Waals surface area contributed by atoms with Gasteiger partial charge in [-0.15, -0.1) is 0 Å². The van der Waals surface area contributed by atoms with Crippen molar-refractivity contribution < 1.29 is 34.1 Å². The minimum Gasteiger partial charge on any atom is -0.478 e. The zero-order valence-corrected chi connectivity index (χ0v) is 11.3. The Morgan fingerprint density at radius 1 is 1.10 bits per heavy atom. The predicted molar refractivity (Wildman–Crippen MR) is 70.9 cm³/mol. The van der Waals surface area contributed by atoms with Crippen molar-refractivity contribution >= 4 is 17.9 Å². The average Bonchev–Trinajstić information content (AvgIpc) is 2.42. The first-order chi connectivity index (χ1) is 9.81. The topological polar surface area (TPSA) is 110 Å². The third-order valence-electron chi connectivity index (χ3n) is 2.38. The number of carboxylic acid groups (broad SMARTS) is 2. The monoisotopic (exact) mass is 294 g/mol. The summed E-state index contributed by atoms with van der Waals surface area (Å²) in [5.74, 6) is -3.10. The van der Waals surface area contributed by atoms with Crippen molar-refractivity contribution in [1.82, 2.24) is 0 Å². The number of aromatic carboxylic acids is 2. The Labute approximate surface area is 120 Å². The van der Waals surface area contributed by atoms with Gasteiger partial charge in [0.2, 0.25) is 0 Å². The summed E-state index contributed by atoms with van der Waals surface area (Å²) in [4.78, 5) is 32.9. The van der Waals surface area contributed by atoms with Gasteiger partial charge in [0.05, 0.1) is 17.7 Å². The molecule has 7 nitrogen and oxygen atoms in total. The van der Waals surface area contributed by atoms with Gasteiger partial charge in [-0.3, -0.25) is 0 Å². The molecule has 0 aliphatic carbocycles. The van der Waals surface area contributed by atoms with Crippen LogP contribution in [0.4, 0.5) is 0 Å². The zero-order valence-electron chi connectivity index (χ0n) is 11.3. The van der Waals surface area contributed by atoms with Gasteiger partial charge in [0.25, 0.3) is 0 Å². The van der Waals surface area contributed by atoms with E-state index in [0.29, 0.717) is 5.56 Å². The van der Waals surface area contributed by atoms with Crippen molar-refractivity contribution in [3.05, 3.63) is 47.0 Å². The molecule has 2 N–H and O–H groups in total. The summed E-state index contributed by atoms with van der Waals surface area (Å²) in [6, 6.07) is 3.62. The van der Waals surface area contributed by atoms with E-state index in [0.717, 1.165) is 6.07 Å². The van der Waals surface area contributed by atoms with Crippen LogP contribution in [0.3, 0.4) is 0 Å². The van der Waals surface area contributed by atoms with E-state index >= 15 is 0 Å². The minimum absolute atomic E-state index is 0.0924. The summed E-state index contributed by atoms with van der Waals surface area (Å²) in [7, 11) is 0. The van der Waals surface area contributed by atoms with Crippen molar-refractivity contribution in [2.24, 2.45) is 0 Å². The fraction of sp³-hybridized carbons (Fsp3) is 0.214. The van der Waals surface area contributed by atoms with E-state index < -0.39 is 17.9 Å². The van der Waals surface area contributed by atoms with E-state index in [-0.39, 0.29) is 30.1 Å². The van der Waals surface area contributed by atoms with Crippen molar-refractivity contribution in [3.8, 4) is 0 Å². The summed E-state index contributed by atoms with van der Waals surface area (Å²) in [6.45, 7) is 4.44. The lowest BCUT2D eigenvalue weighted by Gasteiger charge is -2.07. The van der Waals surface area contributed by atoms with Crippen molar-refractivity contribution in [2.75, 3.05) is 6.79 Å². The molecule has 0 aliphatic rings. The molecule has 1 aromatic rings. The largest absolute Gasteiger partial charge is 0.478 e. The second kappa shape index (κ2) is 7.20. The molecule has 0 aromatic heterocycles. The summed E-state index contributed by atoms with van der Waals surface area (Å²) >= 11 is 0. The SMILES string of the molecule is C=C(C)C(=O)OCOCc1cc(C(=O)O)cc(C(=O)O)c1. The molecule has 112 valence electrons. The predicted octanol–water partition coefficient (Wildman–Crippen LogP) is 1.68. The number of carbonyl (C=O) groups is 3. The number of rotatable bonds is 7. The summed E-state index contributed by atoms with van der Waals surface area (Å²) in [6.07, 6.45) is 0. The lowest BCUT2D eigenvalue weighted by Crippen LogP contribution is -2.09. The van der Waals surface area contributed by atoms with Gasteiger partial charge >= 0.3 is 17.9 Å². The number of benzene rings is 1. The molecule has 1 rings (SSSR count). The van der Waals surface area contributed by atoms with Gasteiger partial charge in [-0.25, -0.2) is 14.4 Å². The molecule has 0 spiro atoms. The molecule has 0 radical (unpaired) electrons. The van der Waals surface area contributed by atoms with Crippen LogP contribution in [0.5, 0.6) is 0 Å². The Morgan fingerprint density at radius 2 is 1.62 bits per heavy atom. The first-order valence-corrected chi connectivity index (χ1v) is 5.82. The maximum Gasteiger partial charge on any atom is 0.335 e. The van der Waals surface area contributed by atoms with E-state index in [1.807, 2.05) is 0 Å². The van der Waals surface area contributed by atoms with Gasteiger partial charge in [-0.05, 0) is 30.7 Å². The Balaban J connectivity index is 2.70. The van der Waals surface area contributed by atoms with E-state index in [2.05, 4.69) is 11.3 Å². The maximum absolute atomic E-state index is 11.1. The van der Waals surface area contributed by atoms with Gasteiger partial charge in [0.1, 0.15) is 0 Å². The third kappa shape index (κ3) is 5.07. The summed E-state index contributed by atoms with van der Waals surface area (Å²) in [5, 5.41) is 17.8. The molecule has 0 aliphatic heterocycles. The van der Waals surface area contributed by atoms with Crippen LogP contribution in [0.15, 0.2) is 30.4 Å². The second-order valence-corrected chi connectivity index (χ2v) is 4.21. The fourth-order valence-electron chi connectivity index (χ4n) is 1.40. The molecular weight excluding hydrogens is 280 g/mol. The number of ether oxygens (including phenoxy) is 2. The highest BCUT2D eigenvalue weighted by Crippen LogP contribution is 2.12. The van der Waals surface area contributed by atoms with Crippen LogP contribution in [0.25, 0.3) is 0 Å². The van der Waals surface area contributed by atoms with Gasteiger partial charge in [-0.1, -0.05) is 6.58 Å². The van der Waals surface area contributed by atoms with Crippen molar-refractivity contribution in [1.29, 1.82) is 0 Å². The second-order valence-electron chi connectivity index (χ2n) is 4.21. The van der Waals surface area contributed by atoms with Crippen LogP contribution < -0.4 is 0 Å². The normalized spacial score (nSPS) is 9.95. The maximum atomic E-state index is 11.1. The van der Waals surface area contributed by atoms with Crippen molar-refractivity contribution in [3.63, 3.8) is 0 Å². The molecule has 0 bridgehead atoms. The molecule has 0 saturated heterocycles. The number of carboxylic acids is 2. The van der Waals surface area contributed by atoms with Gasteiger partial charge < -0.3 is 19.7 Å². The molecule has 0 atom stereocenters. The zero-order chi connectivity index (χ0) is 16.0. The molecule has 21 heavy (non-hydrogen) atoms. The highest BCUT2D eigenvalue weighted by atomic mass is 16.7. The highest BCUT2D eigenvalue weighted by molar-refractivity contribution is 5.94. The van der Waals surface area contributed by atoms with E-state index in [9.17, 15) is 14.4 Å². The van der Waals surface area contributed by atoms with Crippen LogP contribution in [0.1, 0.15) is 33.2 Å². The molecule has 1 aromatic carbocycles. The van der Waals surface area contributed by atoms with Crippen LogP contribution in [-0.2, 0) is 20.9 Å². The van der Waals surface area contributed by atoms with Crippen LogP contribution in [0.2, 0.25) is 0 Å². The molecule has 0 heterocycles. The molecule has 7 heteroatoms. The average molecular weight is 294 g/mol. The first-order valence-electron chi connectivity index (χ1n) is 5.82. The number of carbonyl (C=O) groups excluding carboxylic acids is 1. The third-order valence-corrected chi connectivity index (χ3v) is 2.38. The van der Waals surface area contributed by atoms with Gasteiger partial charge in [0, 0.05) is 5.57 Å². The van der Waals surface area contributed by atoms with Crippen LogP contribution >= 0.6 is 0 Å². The number of hydrogen-bond donors (Lipinski definition) is 2. The quantitative estimate of drug-likeness (QED) is 0.340. The molecule has 0 fully saturated rings. The number of esters is 1. The smallest absolute Gasteiger partial charge is 0.335 e. The van der Waals surface area contributed by atoms with Gasteiger partial charge in [0.15, 0.2) is 6.79 Å². The Bertz CT molecular complexity index is 557.